The molecular formula is C18H19BrKNO3. The van der Waals surface area contributed by atoms with Crippen LogP contribution in [0.15, 0.2) is 53.1 Å². The van der Waals surface area contributed by atoms with E-state index in [0.29, 0.717) is 12.1 Å². The Bertz CT molecular complexity index is 634. The van der Waals surface area contributed by atoms with E-state index in [4.69, 9.17) is 4.74 Å². The van der Waals surface area contributed by atoms with Gasteiger partial charge in [-0.3, -0.25) is 4.98 Å². The van der Waals surface area contributed by atoms with Gasteiger partial charge in [-0.1, -0.05) is 48.0 Å². The number of halogens is 1. The first-order valence-corrected chi connectivity index (χ1v) is 8.29. The van der Waals surface area contributed by atoms with Gasteiger partial charge in [0.1, 0.15) is 6.10 Å². The molecule has 0 bridgehead atoms. The largest absolute Gasteiger partial charge is 1.00 e. The average Bonchev–Trinajstić information content (AvgIpc) is 2.53. The van der Waals surface area contributed by atoms with Gasteiger partial charge >= 0.3 is 51.4 Å². The predicted molar refractivity (Wildman–Crippen MR) is 89.6 cm³/mol. The Balaban J connectivity index is 0.00000288. The van der Waals surface area contributed by atoms with Crippen molar-refractivity contribution in [3.63, 3.8) is 0 Å². The molecule has 1 aromatic carbocycles. The molecule has 0 spiro atoms. The van der Waals surface area contributed by atoms with Crippen LogP contribution in [0.1, 0.15) is 37.6 Å². The van der Waals surface area contributed by atoms with E-state index in [2.05, 4.69) is 20.9 Å². The second kappa shape index (κ2) is 10.8. The van der Waals surface area contributed by atoms with Crippen molar-refractivity contribution in [3.05, 3.63) is 64.4 Å². The number of benzene rings is 1. The second-order valence-corrected chi connectivity index (χ2v) is 6.68. The fraction of sp³-hybridized carbons (Fsp3) is 0.333. The molecule has 0 aliphatic rings. The minimum Gasteiger partial charge on any atom is -0.547 e. The Labute approximate surface area is 193 Å². The summed E-state index contributed by atoms with van der Waals surface area (Å²) in [6.45, 7) is 3.91. The molecule has 24 heavy (non-hydrogen) atoms. The fourth-order valence-electron chi connectivity index (χ4n) is 2.29. The van der Waals surface area contributed by atoms with Gasteiger partial charge in [-0.15, -0.1) is 0 Å². The molecule has 2 unspecified atom stereocenters. The third-order valence-corrected chi connectivity index (χ3v) is 3.91. The first-order chi connectivity index (χ1) is 11.0. The van der Waals surface area contributed by atoms with Crippen LogP contribution in [0.25, 0.3) is 0 Å². The van der Waals surface area contributed by atoms with Crippen molar-refractivity contribution < 1.29 is 66.0 Å². The van der Waals surface area contributed by atoms with Crippen LogP contribution in [0.4, 0.5) is 0 Å². The van der Waals surface area contributed by atoms with Crippen molar-refractivity contribution in [2.24, 2.45) is 5.92 Å². The van der Waals surface area contributed by atoms with E-state index in [1.54, 1.807) is 6.20 Å². The molecule has 1 heterocycles. The van der Waals surface area contributed by atoms with E-state index in [1.165, 1.54) is 0 Å². The van der Waals surface area contributed by atoms with Crippen LogP contribution in [0.3, 0.4) is 0 Å². The van der Waals surface area contributed by atoms with E-state index < -0.39 is 18.2 Å². The molecule has 2 rings (SSSR count). The van der Waals surface area contributed by atoms with Gasteiger partial charge in [-0.25, -0.2) is 0 Å². The standard InChI is InChI=1S/C18H20BrNO3.K/c1-12(2)11-16(18(21)22)23-17(15-5-3-4-10-20-15)13-6-8-14(19)9-7-13;/h3-10,12,16-17H,11H2,1-2H3,(H,21,22);/q;+1/p-1. The molecule has 122 valence electrons. The van der Waals surface area contributed by atoms with E-state index in [-0.39, 0.29) is 57.3 Å². The molecule has 2 aromatic rings. The maximum atomic E-state index is 11.4. The Morgan fingerprint density at radius 3 is 2.38 bits per heavy atom. The molecule has 0 amide bonds. The molecule has 6 heteroatoms. The molecule has 1 aromatic heterocycles. The zero-order valence-corrected chi connectivity index (χ0v) is 18.8. The van der Waals surface area contributed by atoms with Crippen LogP contribution in [-0.2, 0) is 9.53 Å². The summed E-state index contributed by atoms with van der Waals surface area (Å²) in [5, 5.41) is 11.4. The molecule has 0 saturated carbocycles. The van der Waals surface area contributed by atoms with Crippen LogP contribution in [0.5, 0.6) is 0 Å². The number of ether oxygens (including phenoxy) is 1. The topological polar surface area (TPSA) is 62.2 Å². The van der Waals surface area contributed by atoms with Crippen molar-refractivity contribution in [3.8, 4) is 0 Å². The number of aliphatic carboxylic acids is 1. The minimum absolute atomic E-state index is 0. The number of hydrogen-bond donors (Lipinski definition) is 0. The maximum absolute atomic E-state index is 11.4. The van der Waals surface area contributed by atoms with Crippen LogP contribution in [0, 0.1) is 5.92 Å². The third-order valence-electron chi connectivity index (χ3n) is 3.38. The van der Waals surface area contributed by atoms with Crippen molar-refractivity contribution >= 4 is 21.9 Å². The number of nitrogens with zero attached hydrogens (tertiary/aromatic N) is 1. The van der Waals surface area contributed by atoms with Crippen molar-refractivity contribution in [2.45, 2.75) is 32.5 Å². The number of carbonyl (C=O) groups is 1. The van der Waals surface area contributed by atoms with E-state index in [9.17, 15) is 9.90 Å². The first kappa shape index (κ1) is 22.0. The summed E-state index contributed by atoms with van der Waals surface area (Å²) < 4.78 is 6.84. The Hall–Kier alpha value is -0.0836. The van der Waals surface area contributed by atoms with Gasteiger partial charge in [-0.05, 0) is 42.2 Å². The normalized spacial score (nSPS) is 13.2. The summed E-state index contributed by atoms with van der Waals surface area (Å²) in [4.78, 5) is 15.7. The number of carboxylic acid groups (broad SMARTS) is 1. The van der Waals surface area contributed by atoms with Crippen LogP contribution in [0.2, 0.25) is 0 Å². The summed E-state index contributed by atoms with van der Waals surface area (Å²) in [5.41, 5.74) is 1.52. The fourth-order valence-corrected chi connectivity index (χ4v) is 2.55. The molecular weight excluding hydrogens is 397 g/mol. The number of carboxylic acids is 1. The molecule has 0 fully saturated rings. The smallest absolute Gasteiger partial charge is 0.547 e. The first-order valence-electron chi connectivity index (χ1n) is 7.50. The number of hydrogen-bond acceptors (Lipinski definition) is 4. The van der Waals surface area contributed by atoms with Gasteiger partial charge in [-0.2, -0.15) is 0 Å². The summed E-state index contributed by atoms with van der Waals surface area (Å²) in [7, 11) is 0. The quantitative estimate of drug-likeness (QED) is 0.602. The number of carbonyl (C=O) groups excluding carboxylic acids is 1. The van der Waals surface area contributed by atoms with Crippen molar-refractivity contribution in [1.82, 2.24) is 4.98 Å². The monoisotopic (exact) mass is 415 g/mol. The molecule has 0 aliphatic heterocycles. The van der Waals surface area contributed by atoms with Crippen LogP contribution in [-0.4, -0.2) is 17.1 Å². The van der Waals surface area contributed by atoms with Gasteiger partial charge in [0.2, 0.25) is 0 Å². The SMILES string of the molecule is CC(C)CC(OC(c1ccc(Br)cc1)c1ccccn1)C(=O)[O-].[K+]. The summed E-state index contributed by atoms with van der Waals surface area (Å²) in [5.74, 6) is -1.01. The Kier molecular flexibility index (Phi) is 9.89. The summed E-state index contributed by atoms with van der Waals surface area (Å²) in [6.07, 6.45) is 0.528. The van der Waals surface area contributed by atoms with Gasteiger partial charge in [0, 0.05) is 10.7 Å². The van der Waals surface area contributed by atoms with Crippen molar-refractivity contribution in [2.75, 3.05) is 0 Å². The average molecular weight is 416 g/mol. The molecule has 0 saturated heterocycles. The molecule has 2 atom stereocenters. The van der Waals surface area contributed by atoms with Crippen LogP contribution < -0.4 is 56.5 Å². The van der Waals surface area contributed by atoms with Gasteiger partial charge in [0.05, 0.1) is 17.8 Å². The second-order valence-electron chi connectivity index (χ2n) is 5.76. The number of aromatic nitrogens is 1. The van der Waals surface area contributed by atoms with Crippen molar-refractivity contribution in [1.29, 1.82) is 0 Å². The minimum atomic E-state index is -1.20. The third kappa shape index (κ3) is 6.67. The predicted octanol–water partition coefficient (Wildman–Crippen LogP) is 0.119. The van der Waals surface area contributed by atoms with Crippen LogP contribution >= 0.6 is 15.9 Å². The molecule has 4 nitrogen and oxygen atoms in total. The van der Waals surface area contributed by atoms with E-state index >= 15 is 0 Å². The van der Waals surface area contributed by atoms with E-state index in [0.717, 1.165) is 10.0 Å². The molecule has 0 radical (unpaired) electrons. The van der Waals surface area contributed by atoms with Gasteiger partial charge in [0.25, 0.3) is 0 Å². The Morgan fingerprint density at radius 2 is 1.88 bits per heavy atom. The molecule has 0 aliphatic carbocycles. The molecule has 0 N–H and O–H groups in total. The van der Waals surface area contributed by atoms with Gasteiger partial charge < -0.3 is 14.6 Å². The van der Waals surface area contributed by atoms with E-state index in [1.807, 2.05) is 56.3 Å². The zero-order chi connectivity index (χ0) is 16.8. The Morgan fingerprint density at radius 1 is 1.21 bits per heavy atom. The number of rotatable bonds is 7. The maximum Gasteiger partial charge on any atom is 1.00 e. The number of pyridine rings is 1. The zero-order valence-electron chi connectivity index (χ0n) is 14.1. The summed E-state index contributed by atoms with van der Waals surface area (Å²) >= 11 is 3.40. The van der Waals surface area contributed by atoms with Gasteiger partial charge in [0.15, 0.2) is 0 Å². The summed E-state index contributed by atoms with van der Waals surface area (Å²) in [6, 6.07) is 13.1.